The van der Waals surface area contributed by atoms with Crippen molar-refractivity contribution in [1.82, 2.24) is 9.88 Å². The zero-order valence-corrected chi connectivity index (χ0v) is 17.4. The molecule has 4 rings (SSSR count). The molecule has 34 heavy (non-hydrogen) atoms. The maximum absolute atomic E-state index is 14.8. The number of carbonyl (C=O) groups is 1. The molecular weight excluding hydrogens is 465 g/mol. The average Bonchev–Trinajstić information content (AvgIpc) is 3.28. The number of amides is 1. The second kappa shape index (κ2) is 8.73. The van der Waals surface area contributed by atoms with Crippen LogP contribution in [0.4, 0.5) is 30.7 Å². The van der Waals surface area contributed by atoms with Gasteiger partial charge in [0.1, 0.15) is 5.82 Å². The first kappa shape index (κ1) is 23.7. The molecule has 3 aromatic rings. The Kier molecular flexibility index (Phi) is 6.09. The second-order valence-corrected chi connectivity index (χ2v) is 8.01. The van der Waals surface area contributed by atoms with Gasteiger partial charge in [-0.05, 0) is 59.5 Å². The summed E-state index contributed by atoms with van der Waals surface area (Å²) in [5.74, 6) is -1.60. The Morgan fingerprint density at radius 3 is 2.15 bits per heavy atom. The van der Waals surface area contributed by atoms with Crippen LogP contribution in [0.25, 0.3) is 11.1 Å². The summed E-state index contributed by atoms with van der Waals surface area (Å²) in [7, 11) is 0. The maximum atomic E-state index is 14.8. The summed E-state index contributed by atoms with van der Waals surface area (Å²) >= 11 is 0. The van der Waals surface area contributed by atoms with Crippen molar-refractivity contribution in [3.05, 3.63) is 89.0 Å². The van der Waals surface area contributed by atoms with Gasteiger partial charge in [-0.3, -0.25) is 9.78 Å². The maximum Gasteiger partial charge on any atom is 0.416 e. The SMILES string of the molecule is O=C(c1ccc(-c2cc(C(F)(F)F)cc(C(F)(F)F)c2)cc1F)N1CCC(c2cccnc2)C1. The molecule has 1 atom stereocenters. The van der Waals surface area contributed by atoms with E-state index >= 15 is 0 Å². The monoisotopic (exact) mass is 482 g/mol. The highest BCUT2D eigenvalue weighted by molar-refractivity contribution is 5.95. The molecule has 1 fully saturated rings. The van der Waals surface area contributed by atoms with Crippen LogP contribution < -0.4 is 0 Å². The first-order chi connectivity index (χ1) is 15.9. The minimum atomic E-state index is -5.02. The Labute approximate surface area is 189 Å². The third-order valence-corrected chi connectivity index (χ3v) is 5.75. The summed E-state index contributed by atoms with van der Waals surface area (Å²) in [4.78, 5) is 18.3. The molecule has 0 bridgehead atoms. The number of pyridine rings is 1. The molecule has 1 aromatic heterocycles. The van der Waals surface area contributed by atoms with E-state index < -0.39 is 40.8 Å². The second-order valence-electron chi connectivity index (χ2n) is 8.01. The lowest BCUT2D eigenvalue weighted by atomic mass is 9.97. The lowest BCUT2D eigenvalue weighted by Gasteiger charge is -2.18. The number of alkyl halides is 6. The molecule has 0 aliphatic carbocycles. The number of aromatic nitrogens is 1. The van der Waals surface area contributed by atoms with Crippen LogP contribution in [-0.4, -0.2) is 28.9 Å². The van der Waals surface area contributed by atoms with E-state index in [-0.39, 0.29) is 23.1 Å². The largest absolute Gasteiger partial charge is 0.416 e. The highest BCUT2D eigenvalue weighted by Crippen LogP contribution is 2.39. The van der Waals surface area contributed by atoms with Gasteiger partial charge in [-0.1, -0.05) is 12.1 Å². The Morgan fingerprint density at radius 2 is 1.59 bits per heavy atom. The number of nitrogens with zero attached hydrogens (tertiary/aromatic N) is 2. The fourth-order valence-corrected chi connectivity index (χ4v) is 3.99. The Morgan fingerprint density at radius 1 is 0.912 bits per heavy atom. The van der Waals surface area contributed by atoms with E-state index in [1.54, 1.807) is 18.5 Å². The molecule has 1 aliphatic rings. The van der Waals surface area contributed by atoms with E-state index in [1.807, 2.05) is 6.07 Å². The molecule has 0 saturated carbocycles. The molecule has 1 aliphatic heterocycles. The fraction of sp³-hybridized carbons (Fsp3) is 0.250. The van der Waals surface area contributed by atoms with E-state index in [0.29, 0.717) is 31.6 Å². The smallest absolute Gasteiger partial charge is 0.338 e. The average molecular weight is 482 g/mol. The quantitative estimate of drug-likeness (QED) is 0.397. The highest BCUT2D eigenvalue weighted by Gasteiger charge is 2.37. The molecular formula is C24H17F7N2O. The zero-order valence-electron chi connectivity index (χ0n) is 17.4. The van der Waals surface area contributed by atoms with Crippen molar-refractivity contribution in [2.45, 2.75) is 24.7 Å². The third-order valence-electron chi connectivity index (χ3n) is 5.75. The topological polar surface area (TPSA) is 33.2 Å². The fourth-order valence-electron chi connectivity index (χ4n) is 3.99. The normalized spacial score (nSPS) is 16.7. The van der Waals surface area contributed by atoms with Gasteiger partial charge in [0.05, 0.1) is 16.7 Å². The van der Waals surface area contributed by atoms with Gasteiger partial charge in [0, 0.05) is 31.4 Å². The Bertz CT molecular complexity index is 1170. The van der Waals surface area contributed by atoms with Crippen molar-refractivity contribution in [2.24, 2.45) is 0 Å². The Hall–Kier alpha value is -3.43. The first-order valence-electron chi connectivity index (χ1n) is 10.2. The zero-order chi connectivity index (χ0) is 24.7. The molecule has 0 radical (unpaired) electrons. The van der Waals surface area contributed by atoms with Gasteiger partial charge in [-0.15, -0.1) is 0 Å². The summed E-state index contributed by atoms with van der Waals surface area (Å²) < 4.78 is 93.6. The van der Waals surface area contributed by atoms with Crippen LogP contribution >= 0.6 is 0 Å². The highest BCUT2D eigenvalue weighted by atomic mass is 19.4. The molecule has 2 aromatic carbocycles. The number of carbonyl (C=O) groups excluding carboxylic acids is 1. The van der Waals surface area contributed by atoms with E-state index in [1.165, 1.54) is 4.90 Å². The molecule has 0 spiro atoms. The van der Waals surface area contributed by atoms with Crippen LogP contribution in [0.2, 0.25) is 0 Å². The summed E-state index contributed by atoms with van der Waals surface area (Å²) in [5, 5.41) is 0. The molecule has 1 saturated heterocycles. The van der Waals surface area contributed by atoms with E-state index in [0.717, 1.165) is 23.8 Å². The lowest BCUT2D eigenvalue weighted by Crippen LogP contribution is -2.29. The summed E-state index contributed by atoms with van der Waals surface area (Å²) in [5.41, 5.74) is -3.04. The van der Waals surface area contributed by atoms with Gasteiger partial charge >= 0.3 is 12.4 Å². The van der Waals surface area contributed by atoms with Crippen molar-refractivity contribution >= 4 is 5.91 Å². The third kappa shape index (κ3) is 4.90. The van der Waals surface area contributed by atoms with Crippen LogP contribution in [0.1, 0.15) is 39.4 Å². The lowest BCUT2D eigenvalue weighted by molar-refractivity contribution is -0.143. The van der Waals surface area contributed by atoms with E-state index in [9.17, 15) is 35.5 Å². The molecule has 3 nitrogen and oxygen atoms in total. The number of rotatable bonds is 3. The molecule has 0 N–H and O–H groups in total. The van der Waals surface area contributed by atoms with Gasteiger partial charge < -0.3 is 4.90 Å². The minimum Gasteiger partial charge on any atom is -0.338 e. The predicted octanol–water partition coefficient (Wildman–Crippen LogP) is 6.56. The molecule has 1 amide bonds. The van der Waals surface area contributed by atoms with Crippen molar-refractivity contribution in [2.75, 3.05) is 13.1 Å². The summed E-state index contributed by atoms with van der Waals surface area (Å²) in [6.07, 6.45) is -6.07. The number of hydrogen-bond acceptors (Lipinski definition) is 2. The summed E-state index contributed by atoms with van der Waals surface area (Å²) in [6.45, 7) is 0.719. The van der Waals surface area contributed by atoms with Crippen LogP contribution in [-0.2, 0) is 12.4 Å². The van der Waals surface area contributed by atoms with Gasteiger partial charge in [0.15, 0.2) is 0 Å². The number of halogens is 7. The number of hydrogen-bond donors (Lipinski definition) is 0. The molecule has 2 heterocycles. The van der Waals surface area contributed by atoms with Crippen molar-refractivity contribution < 1.29 is 35.5 Å². The van der Waals surface area contributed by atoms with Gasteiger partial charge in [0.25, 0.3) is 5.91 Å². The van der Waals surface area contributed by atoms with Gasteiger partial charge in [0.2, 0.25) is 0 Å². The van der Waals surface area contributed by atoms with E-state index in [4.69, 9.17) is 0 Å². The predicted molar refractivity (Wildman–Crippen MR) is 109 cm³/mol. The first-order valence-corrected chi connectivity index (χ1v) is 10.2. The van der Waals surface area contributed by atoms with Crippen LogP contribution in [0, 0.1) is 5.82 Å². The van der Waals surface area contributed by atoms with Crippen molar-refractivity contribution in [1.29, 1.82) is 0 Å². The Balaban J connectivity index is 1.61. The van der Waals surface area contributed by atoms with Crippen molar-refractivity contribution in [3.8, 4) is 11.1 Å². The standard InChI is InChI=1S/C24H17F7N2O/c25-21-10-14(17-8-18(23(26,27)28)11-19(9-17)24(29,30)31)3-4-20(21)22(34)33-7-5-16(13-33)15-2-1-6-32-12-15/h1-4,6,8-12,16H,5,7,13H2. The molecule has 1 unspecified atom stereocenters. The number of likely N-dealkylation sites (tertiary alicyclic amines) is 1. The van der Waals surface area contributed by atoms with Crippen molar-refractivity contribution in [3.63, 3.8) is 0 Å². The van der Waals surface area contributed by atoms with Crippen LogP contribution in [0.5, 0.6) is 0 Å². The molecule has 178 valence electrons. The molecule has 10 heteroatoms. The van der Waals surface area contributed by atoms with Gasteiger partial charge in [-0.2, -0.15) is 26.3 Å². The van der Waals surface area contributed by atoms with E-state index in [2.05, 4.69) is 4.98 Å². The van der Waals surface area contributed by atoms with Crippen LogP contribution in [0.15, 0.2) is 60.9 Å². The van der Waals surface area contributed by atoms with Gasteiger partial charge in [-0.25, -0.2) is 4.39 Å². The van der Waals surface area contributed by atoms with Crippen LogP contribution in [0.3, 0.4) is 0 Å². The minimum absolute atomic E-state index is 0.00377. The summed E-state index contributed by atoms with van der Waals surface area (Å²) in [6, 6.07) is 7.69. The number of benzene rings is 2.